The lowest BCUT2D eigenvalue weighted by Gasteiger charge is -2.29. The van der Waals surface area contributed by atoms with Gasteiger partial charge in [0.2, 0.25) is 0 Å². The topological polar surface area (TPSA) is 78.4 Å². The Balaban J connectivity index is 4.56. The normalized spacial score (nSPS) is 13.8. The van der Waals surface area contributed by atoms with E-state index in [1.807, 2.05) is 0 Å². The molecule has 0 heterocycles. The highest BCUT2D eigenvalue weighted by Gasteiger charge is 2.37. The Hall–Kier alpha value is -1.47. The molecular weight excluding hydrogens is 265 g/mol. The first-order valence-corrected chi connectivity index (χ1v) is 5.95. The summed E-state index contributed by atoms with van der Waals surface area (Å²) in [5, 5.41) is 13.4. The van der Waals surface area contributed by atoms with Crippen molar-refractivity contribution in [2.24, 2.45) is 0 Å². The highest BCUT2D eigenvalue weighted by atomic mass is 19.4. The van der Waals surface area contributed by atoms with Gasteiger partial charge < -0.3 is 15.7 Å². The summed E-state index contributed by atoms with van der Waals surface area (Å²) < 4.78 is 36.3. The van der Waals surface area contributed by atoms with Crippen LogP contribution in [0.1, 0.15) is 40.0 Å². The molecule has 0 aromatic rings. The fourth-order valence-corrected chi connectivity index (χ4v) is 1.66. The van der Waals surface area contributed by atoms with Crippen LogP contribution >= 0.6 is 0 Å². The molecule has 2 amide bonds. The summed E-state index contributed by atoms with van der Waals surface area (Å²) in [6.45, 7) is 4.36. The molecule has 5 nitrogen and oxygen atoms in total. The second kappa shape index (κ2) is 6.63. The standard InChI is InChI=1S/C11H19F3N2O3/c1-4-10(5-2,8(17)18)16-9(19)15-7(3)6-11(12,13)14/h7H,4-6H2,1-3H3,(H,17,18)(H2,15,16,19). The van der Waals surface area contributed by atoms with E-state index < -0.39 is 36.2 Å². The molecule has 19 heavy (non-hydrogen) atoms. The molecule has 0 rings (SSSR count). The van der Waals surface area contributed by atoms with Crippen LogP contribution in [-0.2, 0) is 4.79 Å². The molecule has 1 unspecified atom stereocenters. The van der Waals surface area contributed by atoms with E-state index in [0.717, 1.165) is 0 Å². The van der Waals surface area contributed by atoms with Gasteiger partial charge in [0.25, 0.3) is 0 Å². The maximum atomic E-state index is 12.1. The third-order valence-corrected chi connectivity index (χ3v) is 2.88. The van der Waals surface area contributed by atoms with Crippen molar-refractivity contribution in [3.8, 4) is 0 Å². The Labute approximate surface area is 109 Å². The van der Waals surface area contributed by atoms with Crippen LogP contribution in [0.15, 0.2) is 0 Å². The summed E-state index contributed by atoms with van der Waals surface area (Å²) in [4.78, 5) is 22.6. The second-order valence-electron chi connectivity index (χ2n) is 4.41. The number of carbonyl (C=O) groups excluding carboxylic acids is 1. The predicted octanol–water partition coefficient (Wildman–Crippen LogP) is 2.27. The highest BCUT2D eigenvalue weighted by molar-refractivity contribution is 5.86. The molecule has 0 aliphatic heterocycles. The van der Waals surface area contributed by atoms with Crippen molar-refractivity contribution in [3.05, 3.63) is 0 Å². The lowest BCUT2D eigenvalue weighted by atomic mass is 9.93. The van der Waals surface area contributed by atoms with Crippen molar-refractivity contribution < 1.29 is 27.9 Å². The average Bonchev–Trinajstić information content (AvgIpc) is 2.22. The van der Waals surface area contributed by atoms with Crippen LogP contribution < -0.4 is 10.6 Å². The minimum atomic E-state index is -4.38. The molecule has 0 bridgehead atoms. The molecule has 0 saturated heterocycles. The molecule has 0 aromatic heterocycles. The largest absolute Gasteiger partial charge is 0.480 e. The summed E-state index contributed by atoms with van der Waals surface area (Å²) in [6, 6.07) is -2.04. The summed E-state index contributed by atoms with van der Waals surface area (Å²) in [6.07, 6.45) is -5.27. The van der Waals surface area contributed by atoms with E-state index in [2.05, 4.69) is 10.6 Å². The van der Waals surface area contributed by atoms with E-state index in [0.29, 0.717) is 0 Å². The molecule has 0 fully saturated rings. The van der Waals surface area contributed by atoms with Gasteiger partial charge in [0.15, 0.2) is 0 Å². The molecule has 0 radical (unpaired) electrons. The number of carboxylic acid groups (broad SMARTS) is 1. The number of halogens is 3. The Kier molecular flexibility index (Phi) is 6.11. The van der Waals surface area contributed by atoms with Crippen LogP contribution in [0.2, 0.25) is 0 Å². The van der Waals surface area contributed by atoms with E-state index in [9.17, 15) is 22.8 Å². The summed E-state index contributed by atoms with van der Waals surface area (Å²) in [5.41, 5.74) is -1.46. The van der Waals surface area contributed by atoms with Gasteiger partial charge in [0.05, 0.1) is 6.42 Å². The lowest BCUT2D eigenvalue weighted by Crippen LogP contribution is -2.57. The quantitative estimate of drug-likeness (QED) is 0.700. The van der Waals surface area contributed by atoms with Crippen molar-refractivity contribution in [3.63, 3.8) is 0 Å². The number of carbonyl (C=O) groups is 2. The van der Waals surface area contributed by atoms with Gasteiger partial charge >= 0.3 is 18.2 Å². The van der Waals surface area contributed by atoms with Crippen LogP contribution in [-0.4, -0.2) is 34.9 Å². The molecule has 8 heteroatoms. The average molecular weight is 284 g/mol. The van der Waals surface area contributed by atoms with Crippen LogP contribution in [0.25, 0.3) is 0 Å². The zero-order valence-corrected chi connectivity index (χ0v) is 11.1. The van der Waals surface area contributed by atoms with Gasteiger partial charge in [-0.05, 0) is 19.8 Å². The van der Waals surface area contributed by atoms with Gasteiger partial charge in [0.1, 0.15) is 5.54 Å². The summed E-state index contributed by atoms with van der Waals surface area (Å²) >= 11 is 0. The predicted molar refractivity (Wildman–Crippen MR) is 62.8 cm³/mol. The van der Waals surface area contributed by atoms with Gasteiger partial charge in [-0.1, -0.05) is 13.8 Å². The number of aliphatic carboxylic acids is 1. The Bertz CT molecular complexity index is 328. The van der Waals surface area contributed by atoms with Gasteiger partial charge in [-0.25, -0.2) is 9.59 Å². The molecule has 0 aliphatic carbocycles. The number of amides is 2. The van der Waals surface area contributed by atoms with E-state index in [1.165, 1.54) is 6.92 Å². The number of alkyl halides is 3. The van der Waals surface area contributed by atoms with E-state index in [4.69, 9.17) is 5.11 Å². The van der Waals surface area contributed by atoms with Crippen LogP contribution in [0.5, 0.6) is 0 Å². The SMILES string of the molecule is CCC(CC)(NC(=O)NC(C)CC(F)(F)F)C(=O)O. The number of hydrogen-bond donors (Lipinski definition) is 3. The first-order valence-electron chi connectivity index (χ1n) is 5.95. The van der Waals surface area contributed by atoms with Crippen LogP contribution in [0.4, 0.5) is 18.0 Å². The van der Waals surface area contributed by atoms with Crippen molar-refractivity contribution in [2.45, 2.75) is 57.8 Å². The number of urea groups is 1. The first-order chi connectivity index (χ1) is 8.56. The van der Waals surface area contributed by atoms with Gasteiger partial charge in [-0.2, -0.15) is 13.2 Å². The molecule has 0 aromatic carbocycles. The lowest BCUT2D eigenvalue weighted by molar-refractivity contribution is -0.145. The van der Waals surface area contributed by atoms with Crippen LogP contribution in [0.3, 0.4) is 0 Å². The Morgan fingerprint density at radius 2 is 1.68 bits per heavy atom. The molecule has 1 atom stereocenters. The smallest absolute Gasteiger partial charge is 0.391 e. The van der Waals surface area contributed by atoms with E-state index in [-0.39, 0.29) is 12.8 Å². The van der Waals surface area contributed by atoms with E-state index in [1.54, 1.807) is 13.8 Å². The maximum Gasteiger partial charge on any atom is 0.391 e. The second-order valence-corrected chi connectivity index (χ2v) is 4.41. The first kappa shape index (κ1) is 17.5. The number of nitrogens with one attached hydrogen (secondary N) is 2. The number of carboxylic acids is 1. The number of hydrogen-bond acceptors (Lipinski definition) is 2. The number of rotatable bonds is 6. The van der Waals surface area contributed by atoms with Crippen molar-refractivity contribution in [2.75, 3.05) is 0 Å². The fraction of sp³-hybridized carbons (Fsp3) is 0.818. The van der Waals surface area contributed by atoms with Crippen molar-refractivity contribution >= 4 is 12.0 Å². The maximum absolute atomic E-state index is 12.1. The minimum absolute atomic E-state index is 0.139. The minimum Gasteiger partial charge on any atom is -0.480 e. The van der Waals surface area contributed by atoms with Crippen molar-refractivity contribution in [1.82, 2.24) is 10.6 Å². The summed E-state index contributed by atoms with van der Waals surface area (Å²) in [5.74, 6) is -1.21. The van der Waals surface area contributed by atoms with Gasteiger partial charge in [0, 0.05) is 6.04 Å². The molecule has 112 valence electrons. The Morgan fingerprint density at radius 3 is 2.00 bits per heavy atom. The monoisotopic (exact) mass is 284 g/mol. The zero-order chi connectivity index (χ0) is 15.3. The van der Waals surface area contributed by atoms with Gasteiger partial charge in [-0.3, -0.25) is 0 Å². The third-order valence-electron chi connectivity index (χ3n) is 2.88. The molecule has 0 saturated carbocycles. The van der Waals surface area contributed by atoms with Crippen molar-refractivity contribution in [1.29, 1.82) is 0 Å². The highest BCUT2D eigenvalue weighted by Crippen LogP contribution is 2.21. The molecular formula is C11H19F3N2O3. The summed E-state index contributed by atoms with van der Waals surface area (Å²) in [7, 11) is 0. The van der Waals surface area contributed by atoms with E-state index >= 15 is 0 Å². The third kappa shape index (κ3) is 5.80. The molecule has 3 N–H and O–H groups in total. The molecule has 0 spiro atoms. The van der Waals surface area contributed by atoms with Crippen LogP contribution in [0, 0.1) is 0 Å². The van der Waals surface area contributed by atoms with Gasteiger partial charge in [-0.15, -0.1) is 0 Å². The molecule has 0 aliphatic rings. The fourth-order valence-electron chi connectivity index (χ4n) is 1.66. The Morgan fingerprint density at radius 1 is 1.21 bits per heavy atom. The zero-order valence-electron chi connectivity index (χ0n) is 11.1.